The molecule has 7 nitrogen and oxygen atoms in total. The number of hydrazine groups is 1. The van der Waals surface area contributed by atoms with Crippen molar-refractivity contribution in [2.45, 2.75) is 32.1 Å². The van der Waals surface area contributed by atoms with Crippen LogP contribution in [0.5, 0.6) is 0 Å². The van der Waals surface area contributed by atoms with Crippen molar-refractivity contribution in [1.82, 2.24) is 20.6 Å². The lowest BCUT2D eigenvalue weighted by molar-refractivity contribution is -0.123. The Morgan fingerprint density at radius 1 is 0.935 bits per heavy atom. The summed E-state index contributed by atoms with van der Waals surface area (Å²) in [5.74, 6) is 1.09. The molecule has 2 N–H and O–H groups in total. The number of hydrogen-bond acceptors (Lipinski definition) is 4. The van der Waals surface area contributed by atoms with E-state index in [2.05, 4.69) is 16.0 Å². The molecule has 0 spiro atoms. The minimum atomic E-state index is -0.554. The van der Waals surface area contributed by atoms with E-state index in [0.717, 1.165) is 12.3 Å². The lowest BCUT2D eigenvalue weighted by atomic mass is 9.86. The van der Waals surface area contributed by atoms with Crippen LogP contribution in [0.4, 0.5) is 0 Å². The molecule has 2 saturated carbocycles. The fourth-order valence-corrected chi connectivity index (χ4v) is 5.20. The van der Waals surface area contributed by atoms with E-state index in [1.165, 1.54) is 23.9 Å². The van der Waals surface area contributed by atoms with Crippen LogP contribution in [-0.2, 0) is 4.79 Å². The number of para-hydroxylation sites is 1. The SMILES string of the molecule is O=C(C[C@H]1C[C@@H]2CC[C@@H]1C2)NNC(=O)c1nn(-c2ccccc2)c(=O)c2ccccc12. The predicted octanol–water partition coefficient (Wildman–Crippen LogP) is 2.97. The van der Waals surface area contributed by atoms with Crippen molar-refractivity contribution in [3.8, 4) is 5.69 Å². The number of benzene rings is 2. The third-order valence-corrected chi connectivity index (χ3v) is 6.67. The van der Waals surface area contributed by atoms with Gasteiger partial charge in [-0.2, -0.15) is 9.78 Å². The van der Waals surface area contributed by atoms with Gasteiger partial charge in [0.2, 0.25) is 5.91 Å². The van der Waals surface area contributed by atoms with E-state index in [-0.39, 0.29) is 17.2 Å². The first-order valence-electron chi connectivity index (χ1n) is 10.8. The summed E-state index contributed by atoms with van der Waals surface area (Å²) >= 11 is 0. The first-order valence-corrected chi connectivity index (χ1v) is 10.8. The molecular formula is C24H24N4O3. The van der Waals surface area contributed by atoms with E-state index < -0.39 is 5.91 Å². The Morgan fingerprint density at radius 2 is 1.68 bits per heavy atom. The van der Waals surface area contributed by atoms with E-state index in [1.807, 2.05) is 6.07 Å². The number of nitrogens with one attached hydrogen (secondary N) is 2. The molecule has 0 saturated heterocycles. The third-order valence-electron chi connectivity index (χ3n) is 6.67. The summed E-state index contributed by atoms with van der Waals surface area (Å²) in [6.45, 7) is 0. The zero-order chi connectivity index (χ0) is 21.4. The molecule has 31 heavy (non-hydrogen) atoms. The second-order valence-corrected chi connectivity index (χ2v) is 8.59. The maximum atomic E-state index is 12.9. The number of hydrogen-bond donors (Lipinski definition) is 2. The monoisotopic (exact) mass is 416 g/mol. The zero-order valence-electron chi connectivity index (χ0n) is 17.1. The number of carbonyl (C=O) groups is 2. The largest absolute Gasteiger partial charge is 0.290 e. The lowest BCUT2D eigenvalue weighted by Crippen LogP contribution is -2.43. The summed E-state index contributed by atoms with van der Waals surface area (Å²) in [5.41, 5.74) is 5.37. The van der Waals surface area contributed by atoms with Crippen molar-refractivity contribution in [3.63, 3.8) is 0 Å². The maximum Gasteiger partial charge on any atom is 0.290 e. The predicted molar refractivity (Wildman–Crippen MR) is 117 cm³/mol. The summed E-state index contributed by atoms with van der Waals surface area (Å²) in [6, 6.07) is 15.8. The number of rotatable bonds is 4. The number of nitrogens with zero attached hydrogens (tertiary/aromatic N) is 2. The number of amides is 2. The second-order valence-electron chi connectivity index (χ2n) is 8.59. The Morgan fingerprint density at radius 3 is 2.39 bits per heavy atom. The molecule has 158 valence electrons. The summed E-state index contributed by atoms with van der Waals surface area (Å²) < 4.78 is 1.22. The number of carbonyl (C=O) groups excluding carboxylic acids is 2. The van der Waals surface area contributed by atoms with Crippen molar-refractivity contribution in [2.75, 3.05) is 0 Å². The Kier molecular flexibility index (Phi) is 5.02. The molecule has 3 atom stereocenters. The van der Waals surface area contributed by atoms with Crippen molar-refractivity contribution in [2.24, 2.45) is 17.8 Å². The van der Waals surface area contributed by atoms with Crippen molar-refractivity contribution in [3.05, 3.63) is 70.6 Å². The van der Waals surface area contributed by atoms with Gasteiger partial charge in [-0.05, 0) is 55.2 Å². The van der Waals surface area contributed by atoms with Crippen molar-refractivity contribution in [1.29, 1.82) is 0 Å². The zero-order valence-corrected chi connectivity index (χ0v) is 17.1. The first-order chi connectivity index (χ1) is 15.1. The highest BCUT2D eigenvalue weighted by Crippen LogP contribution is 2.49. The Labute approximate surface area is 179 Å². The van der Waals surface area contributed by atoms with Gasteiger partial charge >= 0.3 is 0 Å². The Balaban J connectivity index is 1.37. The van der Waals surface area contributed by atoms with Crippen LogP contribution in [0.1, 0.15) is 42.6 Å². The number of aromatic nitrogens is 2. The summed E-state index contributed by atoms with van der Waals surface area (Å²) in [6.07, 6.45) is 5.28. The summed E-state index contributed by atoms with van der Waals surface area (Å²) in [5, 5.41) is 5.16. The van der Waals surface area contributed by atoms with Gasteiger partial charge < -0.3 is 0 Å². The van der Waals surface area contributed by atoms with E-state index in [9.17, 15) is 14.4 Å². The van der Waals surface area contributed by atoms with Crippen LogP contribution in [0, 0.1) is 17.8 Å². The lowest BCUT2D eigenvalue weighted by Gasteiger charge is -2.21. The van der Waals surface area contributed by atoms with E-state index >= 15 is 0 Å². The number of fused-ring (bicyclic) bond motifs is 3. The molecule has 2 aliphatic rings. The Bertz CT molecular complexity index is 1200. The van der Waals surface area contributed by atoms with E-state index in [0.29, 0.717) is 34.7 Å². The molecule has 7 heteroatoms. The van der Waals surface area contributed by atoms with Gasteiger partial charge in [-0.3, -0.25) is 25.2 Å². The van der Waals surface area contributed by atoms with Gasteiger partial charge in [0.15, 0.2) is 5.69 Å². The molecule has 2 fully saturated rings. The second kappa shape index (κ2) is 7.98. The first kappa shape index (κ1) is 19.5. The fourth-order valence-electron chi connectivity index (χ4n) is 5.20. The molecule has 2 aromatic carbocycles. The van der Waals surface area contributed by atoms with Crippen LogP contribution in [-0.4, -0.2) is 21.6 Å². The van der Waals surface area contributed by atoms with Gasteiger partial charge in [0.05, 0.1) is 11.1 Å². The van der Waals surface area contributed by atoms with Crippen LogP contribution in [0.25, 0.3) is 16.5 Å². The van der Waals surface area contributed by atoms with Crippen LogP contribution >= 0.6 is 0 Å². The molecule has 0 aliphatic heterocycles. The Hall–Kier alpha value is -3.48. The van der Waals surface area contributed by atoms with Crippen molar-refractivity contribution >= 4 is 22.6 Å². The molecule has 5 rings (SSSR count). The van der Waals surface area contributed by atoms with Gasteiger partial charge in [0.25, 0.3) is 11.5 Å². The minimum absolute atomic E-state index is 0.0827. The standard InChI is InChI=1S/C24H24N4O3/c29-21(14-17-13-15-10-11-16(17)12-15)25-26-23(30)22-19-8-4-5-9-20(19)24(31)28(27-22)18-6-2-1-3-7-18/h1-9,15-17H,10-14H2,(H,25,29)(H,26,30)/t15-,16-,17-/m1/s1. The molecule has 2 aliphatic carbocycles. The molecule has 3 aromatic rings. The topological polar surface area (TPSA) is 93.1 Å². The summed E-state index contributed by atoms with van der Waals surface area (Å²) in [7, 11) is 0. The average molecular weight is 416 g/mol. The normalized spacial score (nSPS) is 21.9. The average Bonchev–Trinajstić information content (AvgIpc) is 3.42. The third kappa shape index (κ3) is 3.71. The van der Waals surface area contributed by atoms with Crippen molar-refractivity contribution < 1.29 is 9.59 Å². The van der Waals surface area contributed by atoms with Gasteiger partial charge in [0, 0.05) is 11.8 Å². The summed E-state index contributed by atoms with van der Waals surface area (Å²) in [4.78, 5) is 38.3. The highest BCUT2D eigenvalue weighted by atomic mass is 16.2. The van der Waals surface area contributed by atoms with Crippen LogP contribution < -0.4 is 16.4 Å². The molecule has 0 radical (unpaired) electrons. The van der Waals surface area contributed by atoms with Gasteiger partial charge in [-0.15, -0.1) is 0 Å². The molecule has 0 unspecified atom stereocenters. The molecule has 2 amide bonds. The van der Waals surface area contributed by atoms with Crippen LogP contribution in [0.2, 0.25) is 0 Å². The molecular weight excluding hydrogens is 392 g/mol. The minimum Gasteiger partial charge on any atom is -0.273 e. The van der Waals surface area contributed by atoms with Gasteiger partial charge in [-0.1, -0.05) is 42.8 Å². The van der Waals surface area contributed by atoms with E-state index in [4.69, 9.17) is 0 Å². The highest BCUT2D eigenvalue weighted by Gasteiger charge is 2.40. The van der Waals surface area contributed by atoms with Crippen LogP contribution in [0.15, 0.2) is 59.4 Å². The van der Waals surface area contributed by atoms with E-state index in [1.54, 1.807) is 48.5 Å². The molecule has 1 heterocycles. The molecule has 1 aromatic heterocycles. The quantitative estimate of drug-likeness (QED) is 0.640. The van der Waals surface area contributed by atoms with Crippen LogP contribution in [0.3, 0.4) is 0 Å². The fraction of sp³-hybridized carbons (Fsp3) is 0.333. The van der Waals surface area contributed by atoms with Gasteiger partial charge in [0.1, 0.15) is 0 Å². The smallest absolute Gasteiger partial charge is 0.273 e. The molecule has 2 bridgehead atoms. The maximum absolute atomic E-state index is 12.9. The highest BCUT2D eigenvalue weighted by molar-refractivity contribution is 6.05. The van der Waals surface area contributed by atoms with Gasteiger partial charge in [-0.25, -0.2) is 0 Å².